The summed E-state index contributed by atoms with van der Waals surface area (Å²) in [5.41, 5.74) is 0.559. The van der Waals surface area contributed by atoms with Gasteiger partial charge in [0.2, 0.25) is 0 Å². The van der Waals surface area contributed by atoms with E-state index in [0.717, 1.165) is 11.3 Å². The van der Waals surface area contributed by atoms with E-state index in [1.165, 1.54) is 18.3 Å². The summed E-state index contributed by atoms with van der Waals surface area (Å²) in [4.78, 5) is 14.6. The lowest BCUT2D eigenvalue weighted by Crippen LogP contribution is -2.23. The maximum Gasteiger partial charge on any atom is 0.265 e. The lowest BCUT2D eigenvalue weighted by Gasteiger charge is -2.09. The SMILES string of the molecule is Cc1cc(S(=O)(=O)Nc2ncc(CC(=O)[O-])s2)c(Cl)cc1Cl. The van der Waals surface area contributed by atoms with Gasteiger partial charge in [-0.1, -0.05) is 23.2 Å². The monoisotopic (exact) mass is 379 g/mol. The molecule has 10 heteroatoms. The van der Waals surface area contributed by atoms with Crippen molar-refractivity contribution in [2.45, 2.75) is 18.2 Å². The predicted molar refractivity (Wildman–Crippen MR) is 82.8 cm³/mol. The minimum atomic E-state index is -3.95. The number of carbonyl (C=O) groups excluding carboxylic acids is 1. The van der Waals surface area contributed by atoms with Gasteiger partial charge in [0.1, 0.15) is 4.90 Å². The van der Waals surface area contributed by atoms with Gasteiger partial charge in [-0.15, -0.1) is 11.3 Å². The molecule has 6 nitrogen and oxygen atoms in total. The molecule has 1 N–H and O–H groups in total. The molecule has 0 atom stereocenters. The molecule has 0 spiro atoms. The van der Waals surface area contributed by atoms with Crippen molar-refractivity contribution in [3.63, 3.8) is 0 Å². The van der Waals surface area contributed by atoms with Crippen LogP contribution in [-0.4, -0.2) is 19.4 Å². The molecule has 1 aromatic carbocycles. The van der Waals surface area contributed by atoms with E-state index in [-0.39, 0.29) is 21.5 Å². The first-order valence-electron chi connectivity index (χ1n) is 5.82. The quantitative estimate of drug-likeness (QED) is 0.854. The molecule has 0 fully saturated rings. The number of benzene rings is 1. The maximum absolute atomic E-state index is 12.3. The molecule has 118 valence electrons. The van der Waals surface area contributed by atoms with Crippen LogP contribution in [0, 0.1) is 6.92 Å². The highest BCUT2D eigenvalue weighted by atomic mass is 35.5. The van der Waals surface area contributed by atoms with Gasteiger partial charge in [0.05, 0.1) is 5.02 Å². The number of rotatable bonds is 5. The number of nitrogens with zero attached hydrogens (tertiary/aromatic N) is 1. The molecule has 0 unspecified atom stereocenters. The Kier molecular flexibility index (Phi) is 4.96. The van der Waals surface area contributed by atoms with Gasteiger partial charge >= 0.3 is 0 Å². The smallest absolute Gasteiger partial charge is 0.265 e. The third kappa shape index (κ3) is 3.89. The van der Waals surface area contributed by atoms with Crippen molar-refractivity contribution in [3.05, 3.63) is 38.8 Å². The molecule has 0 amide bonds. The molecule has 0 bridgehead atoms. The minimum Gasteiger partial charge on any atom is -0.550 e. The van der Waals surface area contributed by atoms with Gasteiger partial charge in [-0.05, 0) is 24.6 Å². The molecule has 0 aliphatic rings. The van der Waals surface area contributed by atoms with Crippen LogP contribution in [0.2, 0.25) is 10.0 Å². The lowest BCUT2D eigenvalue weighted by molar-refractivity contribution is -0.304. The number of anilines is 1. The summed E-state index contributed by atoms with van der Waals surface area (Å²) in [5, 5.41) is 10.9. The number of sulfonamides is 1. The first kappa shape index (κ1) is 17.0. The van der Waals surface area contributed by atoms with Gasteiger partial charge in [0.25, 0.3) is 10.0 Å². The first-order valence-corrected chi connectivity index (χ1v) is 8.87. The van der Waals surface area contributed by atoms with E-state index < -0.39 is 16.0 Å². The number of hydrogen-bond acceptors (Lipinski definition) is 6. The lowest BCUT2D eigenvalue weighted by atomic mass is 10.2. The summed E-state index contributed by atoms with van der Waals surface area (Å²) in [5.74, 6) is -1.27. The number of aryl methyl sites for hydroxylation is 1. The summed E-state index contributed by atoms with van der Waals surface area (Å²) in [6, 6.07) is 2.69. The highest BCUT2D eigenvalue weighted by Gasteiger charge is 2.21. The van der Waals surface area contributed by atoms with Gasteiger partial charge < -0.3 is 9.90 Å². The molecule has 2 aromatic rings. The van der Waals surface area contributed by atoms with Gasteiger partial charge in [0.15, 0.2) is 5.13 Å². The van der Waals surface area contributed by atoms with Crippen molar-refractivity contribution in [3.8, 4) is 0 Å². The molecule has 2 rings (SSSR count). The normalized spacial score (nSPS) is 11.4. The Hall–Kier alpha value is -1.35. The number of aromatic nitrogens is 1. The van der Waals surface area contributed by atoms with Crippen LogP contribution in [-0.2, 0) is 21.2 Å². The molecular formula is C12H9Cl2N2O4S2-. The Bertz CT molecular complexity index is 834. The highest BCUT2D eigenvalue weighted by Crippen LogP contribution is 2.30. The van der Waals surface area contributed by atoms with Crippen LogP contribution in [0.15, 0.2) is 23.2 Å². The number of hydrogen-bond donors (Lipinski definition) is 1. The van der Waals surface area contributed by atoms with Crippen molar-refractivity contribution < 1.29 is 18.3 Å². The molecule has 0 saturated carbocycles. The molecule has 22 heavy (non-hydrogen) atoms. The van der Waals surface area contributed by atoms with Crippen molar-refractivity contribution in [2.24, 2.45) is 0 Å². The van der Waals surface area contributed by atoms with Crippen molar-refractivity contribution in [2.75, 3.05) is 4.72 Å². The number of halogens is 2. The average molecular weight is 380 g/mol. The summed E-state index contributed by atoms with van der Waals surface area (Å²) >= 11 is 12.7. The fourth-order valence-electron chi connectivity index (χ4n) is 1.59. The fraction of sp³-hybridized carbons (Fsp3) is 0.167. The minimum absolute atomic E-state index is 0.0189. The molecule has 0 saturated heterocycles. The first-order chi connectivity index (χ1) is 10.2. The summed E-state index contributed by atoms with van der Waals surface area (Å²) in [7, 11) is -3.95. The summed E-state index contributed by atoms with van der Waals surface area (Å²) in [6.07, 6.45) is 0.938. The zero-order chi connectivity index (χ0) is 16.5. The average Bonchev–Trinajstić information content (AvgIpc) is 2.79. The van der Waals surface area contributed by atoms with E-state index in [2.05, 4.69) is 9.71 Å². The molecule has 0 aliphatic heterocycles. The second-order valence-electron chi connectivity index (χ2n) is 4.32. The number of carboxylic acid groups (broad SMARTS) is 1. The Morgan fingerprint density at radius 2 is 2.05 bits per heavy atom. The highest BCUT2D eigenvalue weighted by molar-refractivity contribution is 7.93. The Morgan fingerprint density at radius 1 is 1.36 bits per heavy atom. The number of aliphatic carboxylic acids is 1. The van der Waals surface area contributed by atoms with Crippen LogP contribution >= 0.6 is 34.5 Å². The van der Waals surface area contributed by atoms with E-state index in [0.29, 0.717) is 15.5 Å². The number of nitrogens with one attached hydrogen (secondary N) is 1. The van der Waals surface area contributed by atoms with Gasteiger partial charge in [-0.3, -0.25) is 4.72 Å². The Labute approximate surface area is 140 Å². The molecule has 1 aromatic heterocycles. The van der Waals surface area contributed by atoms with Crippen LogP contribution in [0.4, 0.5) is 5.13 Å². The largest absolute Gasteiger partial charge is 0.550 e. The van der Waals surface area contributed by atoms with Crippen molar-refractivity contribution >= 4 is 55.7 Å². The summed E-state index contributed by atoms with van der Waals surface area (Å²) in [6.45, 7) is 1.65. The van der Waals surface area contributed by atoms with Crippen LogP contribution in [0.5, 0.6) is 0 Å². The Balaban J connectivity index is 2.30. The van der Waals surface area contributed by atoms with Gasteiger partial charge in [0, 0.05) is 28.5 Å². The van der Waals surface area contributed by atoms with Gasteiger partial charge in [-0.2, -0.15) is 0 Å². The number of carboxylic acids is 1. The third-order valence-electron chi connectivity index (χ3n) is 2.60. The number of carbonyl (C=O) groups is 1. The molecular weight excluding hydrogens is 371 g/mol. The second kappa shape index (κ2) is 6.41. The molecule has 0 aliphatic carbocycles. The summed E-state index contributed by atoms with van der Waals surface area (Å²) < 4.78 is 26.9. The Morgan fingerprint density at radius 3 is 2.68 bits per heavy atom. The van der Waals surface area contributed by atoms with E-state index in [1.807, 2.05) is 0 Å². The zero-order valence-corrected chi connectivity index (χ0v) is 14.2. The van der Waals surface area contributed by atoms with Crippen LogP contribution in [0.1, 0.15) is 10.4 Å². The maximum atomic E-state index is 12.3. The van der Waals surface area contributed by atoms with Crippen LogP contribution in [0.25, 0.3) is 0 Å². The van der Waals surface area contributed by atoms with E-state index in [1.54, 1.807) is 6.92 Å². The van der Waals surface area contributed by atoms with Crippen LogP contribution in [0.3, 0.4) is 0 Å². The van der Waals surface area contributed by atoms with Crippen molar-refractivity contribution in [1.29, 1.82) is 0 Å². The third-order valence-corrected chi connectivity index (χ3v) is 5.85. The van der Waals surface area contributed by atoms with E-state index >= 15 is 0 Å². The predicted octanol–water partition coefficient (Wildman–Crippen LogP) is 1.85. The van der Waals surface area contributed by atoms with E-state index in [4.69, 9.17) is 23.2 Å². The zero-order valence-electron chi connectivity index (χ0n) is 11.1. The van der Waals surface area contributed by atoms with E-state index in [9.17, 15) is 18.3 Å². The standard InChI is InChI=1S/C12H10Cl2N2O4S2/c1-6-2-10(9(14)4-8(6)13)22(19,20)16-12-15-5-7(21-12)3-11(17)18/h2,4-5H,3H2,1H3,(H,15,16)(H,17,18)/p-1. The molecule has 1 heterocycles. The topological polar surface area (TPSA) is 99.2 Å². The van der Waals surface area contributed by atoms with Crippen LogP contribution < -0.4 is 9.83 Å². The van der Waals surface area contributed by atoms with Crippen molar-refractivity contribution in [1.82, 2.24) is 4.98 Å². The fourth-order valence-corrected chi connectivity index (χ4v) is 4.46. The van der Waals surface area contributed by atoms with Gasteiger partial charge in [-0.25, -0.2) is 13.4 Å². The number of thiazole rings is 1. The second-order valence-corrected chi connectivity index (χ2v) is 7.90. The molecule has 0 radical (unpaired) electrons.